The normalized spacial score (nSPS) is 12.2. The summed E-state index contributed by atoms with van der Waals surface area (Å²) in [7, 11) is 1.79. The SMILES string of the molecule is Cn1nnnc1-c1cc(NC(=O)NCCCCNCCc2ccc(F)cc2)cc(-c2ccc3c(c2)CCN3)c1. The number of nitrogens with zero attached hydrogens (tertiary/aromatic N) is 4. The topological polar surface area (TPSA) is 109 Å². The van der Waals surface area contributed by atoms with Crippen LogP contribution in [0.25, 0.3) is 22.5 Å². The molecule has 10 heteroatoms. The number of tetrazole rings is 1. The van der Waals surface area contributed by atoms with Gasteiger partial charge in [0.2, 0.25) is 0 Å². The molecule has 0 atom stereocenters. The molecule has 202 valence electrons. The predicted octanol–water partition coefficient (Wildman–Crippen LogP) is 4.39. The number of unbranched alkanes of at least 4 members (excludes halogenated alkanes) is 1. The van der Waals surface area contributed by atoms with E-state index in [1.165, 1.54) is 23.4 Å². The van der Waals surface area contributed by atoms with E-state index in [4.69, 9.17) is 0 Å². The summed E-state index contributed by atoms with van der Waals surface area (Å²) in [5.41, 5.74) is 7.11. The molecule has 0 aliphatic carbocycles. The number of amides is 2. The maximum Gasteiger partial charge on any atom is 0.319 e. The highest BCUT2D eigenvalue weighted by Gasteiger charge is 2.14. The Morgan fingerprint density at radius 2 is 1.79 bits per heavy atom. The van der Waals surface area contributed by atoms with Gasteiger partial charge in [0.25, 0.3) is 0 Å². The van der Waals surface area contributed by atoms with Gasteiger partial charge in [-0.05, 0) is 114 Å². The van der Waals surface area contributed by atoms with Crippen LogP contribution in [0.1, 0.15) is 24.0 Å². The van der Waals surface area contributed by atoms with Crippen LogP contribution in [0.4, 0.5) is 20.6 Å². The predicted molar refractivity (Wildman–Crippen MR) is 151 cm³/mol. The molecule has 0 unspecified atom stereocenters. The Hall–Kier alpha value is -4.31. The Labute approximate surface area is 227 Å². The van der Waals surface area contributed by atoms with E-state index in [2.05, 4.69) is 55.0 Å². The Bertz CT molecular complexity index is 1420. The summed E-state index contributed by atoms with van der Waals surface area (Å²) in [6.07, 6.45) is 3.65. The molecule has 0 spiro atoms. The van der Waals surface area contributed by atoms with E-state index in [-0.39, 0.29) is 11.8 Å². The van der Waals surface area contributed by atoms with Crippen LogP contribution in [0, 0.1) is 5.82 Å². The zero-order valence-corrected chi connectivity index (χ0v) is 22.0. The van der Waals surface area contributed by atoms with Crippen molar-refractivity contribution in [3.63, 3.8) is 0 Å². The highest BCUT2D eigenvalue weighted by atomic mass is 19.1. The molecule has 1 aromatic heterocycles. The molecule has 2 heterocycles. The summed E-state index contributed by atoms with van der Waals surface area (Å²) >= 11 is 0. The lowest BCUT2D eigenvalue weighted by molar-refractivity contribution is 0.252. The summed E-state index contributed by atoms with van der Waals surface area (Å²) in [4.78, 5) is 12.7. The third-order valence-electron chi connectivity index (χ3n) is 6.79. The zero-order valence-electron chi connectivity index (χ0n) is 22.0. The van der Waals surface area contributed by atoms with Crippen LogP contribution in [0.3, 0.4) is 0 Å². The Balaban J connectivity index is 1.13. The van der Waals surface area contributed by atoms with Gasteiger partial charge in [0, 0.05) is 37.1 Å². The molecule has 1 aliphatic heterocycles. The van der Waals surface area contributed by atoms with Crippen molar-refractivity contribution in [1.82, 2.24) is 30.8 Å². The smallest absolute Gasteiger partial charge is 0.319 e. The van der Waals surface area contributed by atoms with Gasteiger partial charge in [0.05, 0.1) is 0 Å². The lowest BCUT2D eigenvalue weighted by Gasteiger charge is -2.13. The highest BCUT2D eigenvalue weighted by Crippen LogP contribution is 2.33. The van der Waals surface area contributed by atoms with Crippen molar-refractivity contribution in [2.45, 2.75) is 25.7 Å². The average molecular weight is 529 g/mol. The molecule has 1 aliphatic rings. The first kappa shape index (κ1) is 26.3. The molecule has 39 heavy (non-hydrogen) atoms. The number of carbonyl (C=O) groups is 1. The third kappa shape index (κ3) is 6.97. The van der Waals surface area contributed by atoms with Crippen molar-refractivity contribution in [2.75, 3.05) is 36.8 Å². The van der Waals surface area contributed by atoms with E-state index in [0.717, 1.165) is 67.6 Å². The summed E-state index contributed by atoms with van der Waals surface area (Å²) in [5, 5.41) is 24.6. The number of carbonyl (C=O) groups excluding carboxylic acids is 1. The van der Waals surface area contributed by atoms with Crippen molar-refractivity contribution < 1.29 is 9.18 Å². The Morgan fingerprint density at radius 3 is 2.62 bits per heavy atom. The lowest BCUT2D eigenvalue weighted by atomic mass is 9.99. The average Bonchev–Trinajstić information content (AvgIpc) is 3.59. The van der Waals surface area contributed by atoms with E-state index in [9.17, 15) is 9.18 Å². The molecule has 0 saturated carbocycles. The Morgan fingerprint density at radius 1 is 0.974 bits per heavy atom. The van der Waals surface area contributed by atoms with Crippen LogP contribution in [-0.2, 0) is 19.9 Å². The number of anilines is 2. The fourth-order valence-electron chi connectivity index (χ4n) is 4.71. The number of rotatable bonds is 11. The van der Waals surface area contributed by atoms with E-state index >= 15 is 0 Å². The van der Waals surface area contributed by atoms with Gasteiger partial charge in [-0.1, -0.05) is 18.2 Å². The highest BCUT2D eigenvalue weighted by molar-refractivity contribution is 5.91. The van der Waals surface area contributed by atoms with Gasteiger partial charge in [0.1, 0.15) is 5.82 Å². The maximum absolute atomic E-state index is 13.0. The standard InChI is InChI=1S/C29H33FN8O/c1-38-28(35-36-37-38)24-17-23(21-6-9-27-22(16-21)11-15-32-27)18-26(19-24)34-29(39)33-13-3-2-12-31-14-10-20-4-7-25(30)8-5-20/h4-9,16-19,31-32H,2-3,10-15H2,1H3,(H2,33,34,39). The fourth-order valence-corrected chi connectivity index (χ4v) is 4.71. The number of hydrogen-bond acceptors (Lipinski definition) is 6. The second-order valence-electron chi connectivity index (χ2n) is 9.69. The number of aryl methyl sites for hydroxylation is 1. The van der Waals surface area contributed by atoms with E-state index in [0.29, 0.717) is 18.1 Å². The summed E-state index contributed by atoms with van der Waals surface area (Å²) in [6, 6.07) is 18.6. The number of benzene rings is 3. The maximum atomic E-state index is 13.0. The zero-order chi connectivity index (χ0) is 27.0. The van der Waals surface area contributed by atoms with Crippen molar-refractivity contribution >= 4 is 17.4 Å². The van der Waals surface area contributed by atoms with Crippen LogP contribution in [0.15, 0.2) is 60.7 Å². The second kappa shape index (κ2) is 12.5. The minimum absolute atomic E-state index is 0.212. The number of fused-ring (bicyclic) bond motifs is 1. The van der Waals surface area contributed by atoms with Gasteiger partial charge in [-0.15, -0.1) is 5.10 Å². The Kier molecular flexibility index (Phi) is 8.42. The van der Waals surface area contributed by atoms with Gasteiger partial charge in [-0.3, -0.25) is 0 Å². The largest absolute Gasteiger partial charge is 0.384 e. The van der Waals surface area contributed by atoms with Crippen LogP contribution < -0.4 is 21.3 Å². The summed E-state index contributed by atoms with van der Waals surface area (Å²) < 4.78 is 14.6. The van der Waals surface area contributed by atoms with E-state index in [1.807, 2.05) is 30.3 Å². The number of urea groups is 1. The monoisotopic (exact) mass is 528 g/mol. The van der Waals surface area contributed by atoms with E-state index in [1.54, 1.807) is 11.7 Å². The summed E-state index contributed by atoms with van der Waals surface area (Å²) in [6.45, 7) is 3.21. The molecule has 0 radical (unpaired) electrons. The van der Waals surface area contributed by atoms with Crippen LogP contribution in [0.2, 0.25) is 0 Å². The molecule has 0 fully saturated rings. The molecule has 4 N–H and O–H groups in total. The summed E-state index contributed by atoms with van der Waals surface area (Å²) in [5.74, 6) is 0.408. The van der Waals surface area contributed by atoms with Gasteiger partial charge in [-0.25, -0.2) is 13.9 Å². The fraction of sp³-hybridized carbons (Fsp3) is 0.310. The first-order chi connectivity index (χ1) is 19.0. The minimum Gasteiger partial charge on any atom is -0.384 e. The van der Waals surface area contributed by atoms with E-state index < -0.39 is 0 Å². The molecule has 3 aromatic carbocycles. The first-order valence-corrected chi connectivity index (χ1v) is 13.3. The van der Waals surface area contributed by atoms with Crippen LogP contribution in [-0.4, -0.2) is 52.4 Å². The molecule has 4 aromatic rings. The van der Waals surface area contributed by atoms with Gasteiger partial charge < -0.3 is 21.3 Å². The van der Waals surface area contributed by atoms with Gasteiger partial charge >= 0.3 is 6.03 Å². The van der Waals surface area contributed by atoms with Crippen molar-refractivity contribution in [3.05, 3.63) is 77.6 Å². The number of halogens is 1. The van der Waals surface area contributed by atoms with Crippen LogP contribution >= 0.6 is 0 Å². The van der Waals surface area contributed by atoms with Crippen molar-refractivity contribution in [3.8, 4) is 22.5 Å². The number of aromatic nitrogens is 4. The third-order valence-corrected chi connectivity index (χ3v) is 6.79. The van der Waals surface area contributed by atoms with Crippen LogP contribution in [0.5, 0.6) is 0 Å². The number of nitrogens with one attached hydrogen (secondary N) is 4. The molecule has 9 nitrogen and oxygen atoms in total. The first-order valence-electron chi connectivity index (χ1n) is 13.3. The number of hydrogen-bond donors (Lipinski definition) is 4. The van der Waals surface area contributed by atoms with Gasteiger partial charge in [0.15, 0.2) is 5.82 Å². The molecule has 0 saturated heterocycles. The molecular formula is C29H33FN8O. The molecule has 2 amide bonds. The molecule has 0 bridgehead atoms. The van der Waals surface area contributed by atoms with Crippen molar-refractivity contribution in [1.29, 1.82) is 0 Å². The molecular weight excluding hydrogens is 495 g/mol. The van der Waals surface area contributed by atoms with Gasteiger partial charge in [-0.2, -0.15) is 0 Å². The second-order valence-corrected chi connectivity index (χ2v) is 9.69. The molecule has 5 rings (SSSR count). The van der Waals surface area contributed by atoms with Crippen molar-refractivity contribution in [2.24, 2.45) is 7.05 Å². The lowest BCUT2D eigenvalue weighted by Crippen LogP contribution is -2.30. The minimum atomic E-state index is -0.253. The quantitative estimate of drug-likeness (QED) is 0.215.